The molecule has 1 aromatic carbocycles. The summed E-state index contributed by atoms with van der Waals surface area (Å²) in [6.07, 6.45) is 6.27. The molecule has 2 N–H and O–H groups in total. The summed E-state index contributed by atoms with van der Waals surface area (Å²) >= 11 is 0. The van der Waals surface area contributed by atoms with Crippen LogP contribution in [0.15, 0.2) is 42.7 Å². The van der Waals surface area contributed by atoms with Crippen molar-refractivity contribution < 1.29 is 4.79 Å². The molecule has 0 unspecified atom stereocenters. The van der Waals surface area contributed by atoms with Crippen molar-refractivity contribution in [3.8, 4) is 5.69 Å². The number of hydrogen-bond acceptors (Lipinski definition) is 3. The first-order chi connectivity index (χ1) is 10.3. The second-order valence-electron chi connectivity index (χ2n) is 5.40. The summed E-state index contributed by atoms with van der Waals surface area (Å²) < 4.78 is 1.80. The summed E-state index contributed by atoms with van der Waals surface area (Å²) in [4.78, 5) is 12.0. The first-order valence-electron chi connectivity index (χ1n) is 7.40. The maximum Gasteiger partial charge on any atom is 0.224 e. The Morgan fingerprint density at radius 3 is 2.82 bits per heavy atom. The summed E-state index contributed by atoms with van der Waals surface area (Å²) in [5.41, 5.74) is 2.02. The number of benzene rings is 1. The van der Waals surface area contributed by atoms with Crippen molar-refractivity contribution in [2.75, 3.05) is 13.1 Å². The SMILES string of the molecule is Cl.O=C(Cc1ccc(-n2cccn2)cc1)N[C@H]1CCCNC1. The van der Waals surface area contributed by atoms with Gasteiger partial charge in [0.1, 0.15) is 0 Å². The number of aromatic nitrogens is 2. The predicted molar refractivity (Wildman–Crippen MR) is 88.6 cm³/mol. The molecule has 5 nitrogen and oxygen atoms in total. The lowest BCUT2D eigenvalue weighted by Gasteiger charge is -2.23. The summed E-state index contributed by atoms with van der Waals surface area (Å²) in [5.74, 6) is 0.0931. The highest BCUT2D eigenvalue weighted by atomic mass is 35.5. The van der Waals surface area contributed by atoms with Gasteiger partial charge in [-0.2, -0.15) is 5.10 Å². The molecule has 2 aromatic rings. The average molecular weight is 321 g/mol. The minimum absolute atomic E-state index is 0. The van der Waals surface area contributed by atoms with Gasteiger partial charge in [0.2, 0.25) is 5.91 Å². The van der Waals surface area contributed by atoms with E-state index in [2.05, 4.69) is 15.7 Å². The second-order valence-corrected chi connectivity index (χ2v) is 5.40. The van der Waals surface area contributed by atoms with Crippen LogP contribution in [0.4, 0.5) is 0 Å². The molecule has 0 radical (unpaired) electrons. The zero-order chi connectivity index (χ0) is 14.5. The lowest BCUT2D eigenvalue weighted by molar-refractivity contribution is -0.121. The number of hydrogen-bond donors (Lipinski definition) is 2. The van der Waals surface area contributed by atoms with Crippen LogP contribution < -0.4 is 10.6 Å². The van der Waals surface area contributed by atoms with Gasteiger partial charge in [-0.05, 0) is 43.1 Å². The topological polar surface area (TPSA) is 59.0 Å². The van der Waals surface area contributed by atoms with Gasteiger partial charge in [-0.3, -0.25) is 4.79 Å². The van der Waals surface area contributed by atoms with Gasteiger partial charge in [0, 0.05) is 25.0 Å². The van der Waals surface area contributed by atoms with E-state index in [1.54, 1.807) is 10.9 Å². The number of nitrogens with one attached hydrogen (secondary N) is 2. The summed E-state index contributed by atoms with van der Waals surface area (Å²) in [7, 11) is 0. The normalized spacial score (nSPS) is 17.5. The van der Waals surface area contributed by atoms with Crippen molar-refractivity contribution in [2.24, 2.45) is 0 Å². The summed E-state index contributed by atoms with van der Waals surface area (Å²) in [5, 5.41) is 10.6. The van der Waals surface area contributed by atoms with E-state index in [0.29, 0.717) is 6.42 Å². The van der Waals surface area contributed by atoms with Crippen molar-refractivity contribution in [1.29, 1.82) is 0 Å². The van der Waals surface area contributed by atoms with Gasteiger partial charge in [0.15, 0.2) is 0 Å². The zero-order valence-electron chi connectivity index (χ0n) is 12.4. The number of amides is 1. The van der Waals surface area contributed by atoms with E-state index in [-0.39, 0.29) is 24.4 Å². The van der Waals surface area contributed by atoms with Crippen LogP contribution in [-0.2, 0) is 11.2 Å². The van der Waals surface area contributed by atoms with E-state index >= 15 is 0 Å². The lowest BCUT2D eigenvalue weighted by Crippen LogP contribution is -2.46. The largest absolute Gasteiger partial charge is 0.352 e. The van der Waals surface area contributed by atoms with Crippen molar-refractivity contribution >= 4 is 18.3 Å². The molecular formula is C16H21ClN4O. The highest BCUT2D eigenvalue weighted by Crippen LogP contribution is 2.09. The van der Waals surface area contributed by atoms with E-state index in [9.17, 15) is 4.79 Å². The third kappa shape index (κ3) is 4.32. The van der Waals surface area contributed by atoms with Crippen LogP contribution >= 0.6 is 12.4 Å². The highest BCUT2D eigenvalue weighted by molar-refractivity contribution is 5.85. The van der Waals surface area contributed by atoms with Crippen molar-refractivity contribution in [2.45, 2.75) is 25.3 Å². The van der Waals surface area contributed by atoms with Gasteiger partial charge in [-0.1, -0.05) is 12.1 Å². The van der Waals surface area contributed by atoms with Crippen molar-refractivity contribution in [3.63, 3.8) is 0 Å². The number of nitrogens with zero attached hydrogens (tertiary/aromatic N) is 2. The Labute approximate surface area is 136 Å². The van der Waals surface area contributed by atoms with Crippen LogP contribution in [0.2, 0.25) is 0 Å². The molecule has 118 valence electrons. The standard InChI is InChI=1S/C16H20N4O.ClH/c21-16(19-14-3-1-8-17-12-14)11-13-4-6-15(7-5-13)20-10-2-9-18-20;/h2,4-7,9-10,14,17H,1,3,8,11-12H2,(H,19,21);1H/t14-;/m0./s1. The number of carbonyl (C=O) groups excluding carboxylic acids is 1. The Kier molecular flexibility index (Phi) is 5.98. The van der Waals surface area contributed by atoms with E-state index < -0.39 is 0 Å². The molecule has 1 aliphatic rings. The molecular weight excluding hydrogens is 300 g/mol. The van der Waals surface area contributed by atoms with Gasteiger partial charge in [-0.25, -0.2) is 4.68 Å². The lowest BCUT2D eigenvalue weighted by atomic mass is 10.1. The Morgan fingerprint density at radius 1 is 1.36 bits per heavy atom. The molecule has 0 bridgehead atoms. The second kappa shape index (κ2) is 7.96. The Morgan fingerprint density at radius 2 is 2.18 bits per heavy atom. The molecule has 1 fully saturated rings. The molecule has 1 amide bonds. The maximum atomic E-state index is 12.0. The first-order valence-corrected chi connectivity index (χ1v) is 7.40. The summed E-state index contributed by atoms with van der Waals surface area (Å²) in [6, 6.07) is 10.1. The summed E-state index contributed by atoms with van der Waals surface area (Å²) in [6.45, 7) is 1.94. The fraction of sp³-hybridized carbons (Fsp3) is 0.375. The fourth-order valence-electron chi connectivity index (χ4n) is 2.63. The molecule has 0 saturated carbocycles. The molecule has 0 spiro atoms. The molecule has 2 heterocycles. The van der Waals surface area contributed by atoms with Crippen LogP contribution in [-0.4, -0.2) is 34.8 Å². The van der Waals surface area contributed by atoms with Gasteiger partial charge < -0.3 is 10.6 Å². The maximum absolute atomic E-state index is 12.0. The van der Waals surface area contributed by atoms with Gasteiger partial charge in [0.25, 0.3) is 0 Å². The van der Waals surface area contributed by atoms with Crippen LogP contribution in [0, 0.1) is 0 Å². The number of piperidine rings is 1. The molecule has 1 saturated heterocycles. The first kappa shape index (κ1) is 16.5. The monoisotopic (exact) mass is 320 g/mol. The number of carbonyl (C=O) groups is 1. The smallest absolute Gasteiger partial charge is 0.224 e. The van der Waals surface area contributed by atoms with Crippen molar-refractivity contribution in [1.82, 2.24) is 20.4 Å². The minimum atomic E-state index is 0. The third-order valence-electron chi connectivity index (χ3n) is 3.73. The van der Waals surface area contributed by atoms with E-state index in [1.165, 1.54) is 0 Å². The molecule has 0 aliphatic carbocycles. The van der Waals surface area contributed by atoms with E-state index in [0.717, 1.165) is 37.2 Å². The Balaban J connectivity index is 0.00000176. The minimum Gasteiger partial charge on any atom is -0.352 e. The van der Waals surface area contributed by atoms with E-state index in [1.807, 2.05) is 36.5 Å². The Hall–Kier alpha value is -1.85. The van der Waals surface area contributed by atoms with Gasteiger partial charge >= 0.3 is 0 Å². The van der Waals surface area contributed by atoms with Crippen molar-refractivity contribution in [3.05, 3.63) is 48.3 Å². The molecule has 3 rings (SSSR count). The number of halogens is 1. The Bertz CT molecular complexity index is 577. The van der Waals surface area contributed by atoms with Crippen LogP contribution in [0.25, 0.3) is 5.69 Å². The predicted octanol–water partition coefficient (Wildman–Crippen LogP) is 1.70. The molecule has 6 heteroatoms. The number of rotatable bonds is 4. The van der Waals surface area contributed by atoms with E-state index in [4.69, 9.17) is 0 Å². The van der Waals surface area contributed by atoms with Gasteiger partial charge in [0.05, 0.1) is 12.1 Å². The van der Waals surface area contributed by atoms with Crippen LogP contribution in [0.1, 0.15) is 18.4 Å². The van der Waals surface area contributed by atoms with Crippen LogP contribution in [0.5, 0.6) is 0 Å². The van der Waals surface area contributed by atoms with Gasteiger partial charge in [-0.15, -0.1) is 12.4 Å². The fourth-order valence-corrected chi connectivity index (χ4v) is 2.63. The molecule has 22 heavy (non-hydrogen) atoms. The average Bonchev–Trinajstić information content (AvgIpc) is 3.03. The van der Waals surface area contributed by atoms with Crippen LogP contribution in [0.3, 0.4) is 0 Å². The zero-order valence-corrected chi connectivity index (χ0v) is 13.2. The quantitative estimate of drug-likeness (QED) is 0.901. The highest BCUT2D eigenvalue weighted by Gasteiger charge is 2.15. The molecule has 1 aromatic heterocycles. The molecule has 1 atom stereocenters. The third-order valence-corrected chi connectivity index (χ3v) is 3.73. The molecule has 1 aliphatic heterocycles.